The highest BCUT2D eigenvalue weighted by molar-refractivity contribution is 5.91. The third-order valence-electron chi connectivity index (χ3n) is 8.97. The van der Waals surface area contributed by atoms with Crippen molar-refractivity contribution in [2.75, 3.05) is 0 Å². The first kappa shape index (κ1) is 23.5. The number of hydrogen-bond donors (Lipinski definition) is 1. The predicted molar refractivity (Wildman–Crippen MR) is 116 cm³/mol. The van der Waals surface area contributed by atoms with Crippen molar-refractivity contribution in [2.45, 2.75) is 95.8 Å². The van der Waals surface area contributed by atoms with Crippen LogP contribution in [0.5, 0.6) is 0 Å². The van der Waals surface area contributed by atoms with Gasteiger partial charge in [-0.2, -0.15) is 0 Å². The molecule has 186 valence electrons. The summed E-state index contributed by atoms with van der Waals surface area (Å²) >= 11 is 0. The maximum absolute atomic E-state index is 13.2. The standard InChI is InChI=1S/C25H32O9/c1-10-8-9-14(26)23(5)16(10)17-15(11(2)20(27)30-17)18(31-21(28)24(6)12(3)33-24)19(23)32-22(29)25(7)13(4)34-25/h8,12-19,26H,2,9H2,1,3-7H3/t12-,13+,14-,15+,16-,17-,18+,19-,23+,24-,25+/m1/s1. The molecular formula is C25H32O9. The molecule has 2 aliphatic carbocycles. The van der Waals surface area contributed by atoms with Crippen molar-refractivity contribution >= 4 is 17.9 Å². The van der Waals surface area contributed by atoms with E-state index >= 15 is 0 Å². The molecule has 5 aliphatic rings. The summed E-state index contributed by atoms with van der Waals surface area (Å²) < 4.78 is 28.7. The third kappa shape index (κ3) is 2.99. The molecule has 9 heteroatoms. The molecule has 0 amide bonds. The van der Waals surface area contributed by atoms with Crippen LogP contribution in [0.25, 0.3) is 0 Å². The number of rotatable bonds is 4. The fourth-order valence-corrected chi connectivity index (χ4v) is 6.06. The summed E-state index contributed by atoms with van der Waals surface area (Å²) in [6.45, 7) is 14.4. The molecular weight excluding hydrogens is 444 g/mol. The van der Waals surface area contributed by atoms with E-state index in [9.17, 15) is 19.5 Å². The summed E-state index contributed by atoms with van der Waals surface area (Å²) in [7, 11) is 0. The molecule has 3 saturated heterocycles. The van der Waals surface area contributed by atoms with Crippen LogP contribution in [-0.2, 0) is 38.1 Å². The molecule has 4 fully saturated rings. The molecule has 0 spiro atoms. The monoisotopic (exact) mass is 476 g/mol. The van der Waals surface area contributed by atoms with Gasteiger partial charge in [0.2, 0.25) is 0 Å². The summed E-state index contributed by atoms with van der Waals surface area (Å²) in [5, 5.41) is 11.3. The lowest BCUT2D eigenvalue weighted by Gasteiger charge is -2.56. The zero-order valence-corrected chi connectivity index (χ0v) is 20.3. The average molecular weight is 477 g/mol. The van der Waals surface area contributed by atoms with Crippen LogP contribution in [-0.4, -0.2) is 70.8 Å². The molecule has 0 aromatic carbocycles. The number of hydrogen-bond acceptors (Lipinski definition) is 9. The van der Waals surface area contributed by atoms with E-state index in [1.807, 2.05) is 13.0 Å². The van der Waals surface area contributed by atoms with Crippen molar-refractivity contribution in [1.82, 2.24) is 0 Å². The molecule has 0 radical (unpaired) electrons. The first-order valence-electron chi connectivity index (χ1n) is 11.8. The average Bonchev–Trinajstić information content (AvgIpc) is 3.56. The molecule has 9 nitrogen and oxygen atoms in total. The Morgan fingerprint density at radius 1 is 1.09 bits per heavy atom. The number of esters is 3. The van der Waals surface area contributed by atoms with Gasteiger partial charge < -0.3 is 28.8 Å². The highest BCUT2D eigenvalue weighted by Gasteiger charge is 2.70. The number of aliphatic hydroxyl groups excluding tert-OH is 1. The lowest BCUT2D eigenvalue weighted by molar-refractivity contribution is -0.234. The molecule has 3 aliphatic heterocycles. The topological polar surface area (TPSA) is 124 Å². The Labute approximate surface area is 198 Å². The van der Waals surface area contributed by atoms with Crippen molar-refractivity contribution in [3.63, 3.8) is 0 Å². The van der Waals surface area contributed by atoms with Gasteiger partial charge >= 0.3 is 17.9 Å². The van der Waals surface area contributed by atoms with Crippen molar-refractivity contribution in [1.29, 1.82) is 0 Å². The second-order valence-electron chi connectivity index (χ2n) is 10.9. The van der Waals surface area contributed by atoms with Crippen LogP contribution in [0, 0.1) is 17.3 Å². The normalized spacial score (nSPS) is 51.0. The number of epoxide rings is 2. The van der Waals surface area contributed by atoms with E-state index in [4.69, 9.17) is 23.7 Å². The van der Waals surface area contributed by atoms with Crippen LogP contribution in [0.15, 0.2) is 23.8 Å². The van der Waals surface area contributed by atoms with Gasteiger partial charge in [-0.3, -0.25) is 0 Å². The predicted octanol–water partition coefficient (Wildman–Crippen LogP) is 1.61. The Morgan fingerprint density at radius 2 is 1.62 bits per heavy atom. The van der Waals surface area contributed by atoms with Gasteiger partial charge in [0.05, 0.1) is 24.2 Å². The van der Waals surface area contributed by atoms with Gasteiger partial charge in [0.25, 0.3) is 0 Å². The van der Waals surface area contributed by atoms with Crippen LogP contribution in [0.2, 0.25) is 0 Å². The molecule has 1 N–H and O–H groups in total. The van der Waals surface area contributed by atoms with E-state index in [2.05, 4.69) is 6.58 Å². The van der Waals surface area contributed by atoms with Crippen molar-refractivity contribution in [3.8, 4) is 0 Å². The first-order chi connectivity index (χ1) is 15.8. The molecule has 3 heterocycles. The second kappa shape index (κ2) is 7.15. The van der Waals surface area contributed by atoms with Gasteiger partial charge in [-0.25, -0.2) is 14.4 Å². The number of ether oxygens (including phenoxy) is 5. The quantitative estimate of drug-likeness (QED) is 0.212. The smallest absolute Gasteiger partial charge is 0.341 e. The second-order valence-corrected chi connectivity index (χ2v) is 10.9. The minimum atomic E-state index is -1.13. The lowest BCUT2D eigenvalue weighted by Crippen LogP contribution is -2.67. The Bertz CT molecular complexity index is 1020. The molecule has 34 heavy (non-hydrogen) atoms. The van der Waals surface area contributed by atoms with Gasteiger partial charge in [-0.05, 0) is 41.0 Å². The summed E-state index contributed by atoms with van der Waals surface area (Å²) in [4.78, 5) is 39.0. The lowest BCUT2D eigenvalue weighted by atomic mass is 9.53. The number of carbonyl (C=O) groups excluding carboxylic acids is 3. The largest absolute Gasteiger partial charge is 0.458 e. The fourth-order valence-electron chi connectivity index (χ4n) is 6.06. The zero-order chi connectivity index (χ0) is 25.0. The van der Waals surface area contributed by atoms with Crippen molar-refractivity contribution in [2.24, 2.45) is 17.3 Å². The Morgan fingerprint density at radius 3 is 2.15 bits per heavy atom. The van der Waals surface area contributed by atoms with Crippen LogP contribution >= 0.6 is 0 Å². The van der Waals surface area contributed by atoms with Crippen LogP contribution in [0.3, 0.4) is 0 Å². The van der Waals surface area contributed by atoms with Gasteiger partial charge in [-0.1, -0.05) is 25.2 Å². The Balaban J connectivity index is 1.60. The van der Waals surface area contributed by atoms with Crippen molar-refractivity contribution in [3.05, 3.63) is 23.8 Å². The van der Waals surface area contributed by atoms with E-state index in [-0.39, 0.29) is 17.8 Å². The number of aliphatic hydroxyl groups is 1. The van der Waals surface area contributed by atoms with Crippen LogP contribution in [0.4, 0.5) is 0 Å². The molecule has 11 atom stereocenters. The SMILES string of the molecule is C=C1C(=O)O[C@@H]2[C@H]1[C@H](OC(=O)[C@]1(C)O[C@@H]1C)[C@@H](OC(=O)[C@@]1(C)O[C@H]1C)[C@@]1(C)[C@H](O)CC=C(C)[C@H]21. The minimum absolute atomic E-state index is 0.149. The summed E-state index contributed by atoms with van der Waals surface area (Å²) in [5.74, 6) is -3.04. The molecule has 0 unspecified atom stereocenters. The van der Waals surface area contributed by atoms with E-state index in [1.54, 1.807) is 34.6 Å². The van der Waals surface area contributed by atoms with Gasteiger partial charge in [0, 0.05) is 16.9 Å². The highest BCUT2D eigenvalue weighted by atomic mass is 16.7. The van der Waals surface area contributed by atoms with Gasteiger partial charge in [-0.15, -0.1) is 0 Å². The summed E-state index contributed by atoms with van der Waals surface area (Å²) in [6, 6.07) is 0. The van der Waals surface area contributed by atoms with Gasteiger partial charge in [0.15, 0.2) is 11.2 Å². The van der Waals surface area contributed by atoms with Crippen LogP contribution < -0.4 is 0 Å². The molecule has 1 saturated carbocycles. The summed E-state index contributed by atoms with van der Waals surface area (Å²) in [5.41, 5.74) is -2.30. The van der Waals surface area contributed by atoms with E-state index in [0.29, 0.717) is 6.42 Å². The van der Waals surface area contributed by atoms with E-state index < -0.39 is 70.8 Å². The van der Waals surface area contributed by atoms with E-state index in [1.165, 1.54) is 0 Å². The molecule has 5 rings (SSSR count). The van der Waals surface area contributed by atoms with Crippen LogP contribution in [0.1, 0.15) is 48.0 Å². The zero-order valence-electron chi connectivity index (χ0n) is 20.3. The maximum Gasteiger partial charge on any atom is 0.341 e. The molecule has 0 aromatic heterocycles. The Kier molecular flexibility index (Phi) is 4.94. The summed E-state index contributed by atoms with van der Waals surface area (Å²) in [6.07, 6.45) is -2.28. The van der Waals surface area contributed by atoms with E-state index in [0.717, 1.165) is 5.57 Å². The van der Waals surface area contributed by atoms with Gasteiger partial charge in [0.1, 0.15) is 18.3 Å². The third-order valence-corrected chi connectivity index (χ3v) is 8.97. The molecule has 0 bridgehead atoms. The van der Waals surface area contributed by atoms with Crippen molar-refractivity contribution < 1.29 is 43.2 Å². The minimum Gasteiger partial charge on any atom is -0.458 e. The number of fused-ring (bicyclic) bond motifs is 3. The molecule has 0 aromatic rings. The number of carbonyl (C=O) groups is 3. The maximum atomic E-state index is 13.2. The fraction of sp³-hybridized carbons (Fsp3) is 0.720. The highest BCUT2D eigenvalue weighted by Crippen LogP contribution is 2.58. The first-order valence-corrected chi connectivity index (χ1v) is 11.8. The Hall–Kier alpha value is -2.23.